The van der Waals surface area contributed by atoms with Gasteiger partial charge in [-0.25, -0.2) is 0 Å². The molecule has 0 spiro atoms. The van der Waals surface area contributed by atoms with Gasteiger partial charge in [0.2, 0.25) is 0 Å². The highest BCUT2D eigenvalue weighted by molar-refractivity contribution is 6.06. The molecule has 1 fully saturated rings. The van der Waals surface area contributed by atoms with Crippen molar-refractivity contribution >= 4 is 23.2 Å². The predicted octanol–water partition coefficient (Wildman–Crippen LogP) is 5.08. The van der Waals surface area contributed by atoms with Crippen LogP contribution in [0.15, 0.2) is 72.8 Å². The third-order valence-electron chi connectivity index (χ3n) is 6.73. The molecule has 188 valence electrons. The van der Waals surface area contributed by atoms with Crippen LogP contribution in [-0.4, -0.2) is 45.2 Å². The summed E-state index contributed by atoms with van der Waals surface area (Å²) < 4.78 is 5.09. The molecule has 0 unspecified atom stereocenters. The van der Waals surface area contributed by atoms with Crippen molar-refractivity contribution in [3.8, 4) is 0 Å². The molecule has 3 aromatic rings. The highest BCUT2D eigenvalue weighted by atomic mass is 16.5. The van der Waals surface area contributed by atoms with E-state index in [2.05, 4.69) is 45.9 Å². The highest BCUT2D eigenvalue weighted by Crippen LogP contribution is 2.30. The Morgan fingerprint density at radius 2 is 1.67 bits per heavy atom. The average Bonchev–Trinajstić information content (AvgIpc) is 2.90. The lowest BCUT2D eigenvalue weighted by atomic mass is 9.89. The monoisotopic (exact) mass is 485 g/mol. The number of anilines is 2. The summed E-state index contributed by atoms with van der Waals surface area (Å²) in [6, 6.07) is 23.7. The number of benzene rings is 3. The van der Waals surface area contributed by atoms with Gasteiger partial charge >= 0.3 is 0 Å². The van der Waals surface area contributed by atoms with Gasteiger partial charge in [-0.2, -0.15) is 0 Å². The summed E-state index contributed by atoms with van der Waals surface area (Å²) in [5, 5.41) is 5.88. The van der Waals surface area contributed by atoms with E-state index < -0.39 is 0 Å². The lowest BCUT2D eigenvalue weighted by Crippen LogP contribution is -2.36. The highest BCUT2D eigenvalue weighted by Gasteiger charge is 2.24. The van der Waals surface area contributed by atoms with E-state index in [1.54, 1.807) is 25.3 Å². The quantitative estimate of drug-likeness (QED) is 0.415. The van der Waals surface area contributed by atoms with E-state index in [0.717, 1.165) is 43.6 Å². The summed E-state index contributed by atoms with van der Waals surface area (Å²) in [5.74, 6) is 0.269. The molecular formula is C30H35N3O3. The van der Waals surface area contributed by atoms with Crippen LogP contribution in [0.3, 0.4) is 0 Å². The number of rotatable bonds is 9. The van der Waals surface area contributed by atoms with Crippen molar-refractivity contribution in [3.63, 3.8) is 0 Å². The first-order valence-corrected chi connectivity index (χ1v) is 12.6. The molecule has 1 aliphatic rings. The maximum absolute atomic E-state index is 13.1. The Bertz CT molecular complexity index is 1150. The van der Waals surface area contributed by atoms with E-state index in [0.29, 0.717) is 35.9 Å². The van der Waals surface area contributed by atoms with Crippen molar-refractivity contribution in [1.29, 1.82) is 0 Å². The zero-order chi connectivity index (χ0) is 25.3. The average molecular weight is 486 g/mol. The standard InChI is InChI=1S/C30H35N3O3/c1-22-8-10-25(11-9-22)29(34)32-26-12-13-28(27(21-26)30(35)31-16-19-36-2)33-17-14-24(15-18-33)20-23-6-4-3-5-7-23/h3-13,21,24H,14-20H2,1-2H3,(H,31,35)(H,32,34). The molecule has 3 aromatic carbocycles. The van der Waals surface area contributed by atoms with Crippen LogP contribution in [0.1, 0.15) is 44.7 Å². The summed E-state index contributed by atoms with van der Waals surface area (Å²) in [4.78, 5) is 28.2. The summed E-state index contributed by atoms with van der Waals surface area (Å²) in [7, 11) is 1.61. The Morgan fingerprint density at radius 3 is 2.36 bits per heavy atom. The van der Waals surface area contributed by atoms with Crippen LogP contribution in [0.5, 0.6) is 0 Å². The topological polar surface area (TPSA) is 70.7 Å². The number of nitrogens with zero attached hydrogens (tertiary/aromatic N) is 1. The zero-order valence-electron chi connectivity index (χ0n) is 21.1. The predicted molar refractivity (Wildman–Crippen MR) is 145 cm³/mol. The number of piperidine rings is 1. The van der Waals surface area contributed by atoms with E-state index in [4.69, 9.17) is 4.74 Å². The molecule has 0 bridgehead atoms. The maximum Gasteiger partial charge on any atom is 0.255 e. The summed E-state index contributed by atoms with van der Waals surface area (Å²) in [5.41, 5.74) is 5.11. The Hall–Kier alpha value is -3.64. The number of aryl methyl sites for hydroxylation is 1. The van der Waals surface area contributed by atoms with E-state index in [9.17, 15) is 9.59 Å². The fourth-order valence-electron chi connectivity index (χ4n) is 4.67. The fourth-order valence-corrected chi connectivity index (χ4v) is 4.67. The van der Waals surface area contributed by atoms with E-state index >= 15 is 0 Å². The van der Waals surface area contributed by atoms with Gasteiger partial charge in [-0.1, -0.05) is 48.0 Å². The molecule has 2 N–H and O–H groups in total. The second kappa shape index (κ2) is 12.4. The second-order valence-electron chi connectivity index (χ2n) is 9.42. The summed E-state index contributed by atoms with van der Waals surface area (Å²) >= 11 is 0. The molecule has 36 heavy (non-hydrogen) atoms. The molecule has 4 rings (SSSR count). The number of ether oxygens (including phenoxy) is 1. The van der Waals surface area contributed by atoms with Crippen molar-refractivity contribution < 1.29 is 14.3 Å². The lowest BCUT2D eigenvalue weighted by Gasteiger charge is -2.35. The van der Waals surface area contributed by atoms with Gasteiger partial charge in [0, 0.05) is 43.7 Å². The minimum Gasteiger partial charge on any atom is -0.383 e. The van der Waals surface area contributed by atoms with Crippen molar-refractivity contribution in [2.45, 2.75) is 26.2 Å². The van der Waals surface area contributed by atoms with Gasteiger partial charge in [0.1, 0.15) is 0 Å². The van der Waals surface area contributed by atoms with Crippen LogP contribution in [-0.2, 0) is 11.2 Å². The van der Waals surface area contributed by atoms with Gasteiger partial charge in [0.25, 0.3) is 11.8 Å². The SMILES string of the molecule is COCCNC(=O)c1cc(NC(=O)c2ccc(C)cc2)ccc1N1CCC(Cc2ccccc2)CC1. The van der Waals surface area contributed by atoms with Crippen molar-refractivity contribution in [2.75, 3.05) is 43.6 Å². The molecule has 6 nitrogen and oxygen atoms in total. The van der Waals surface area contributed by atoms with E-state index in [1.165, 1.54) is 5.56 Å². The molecule has 0 atom stereocenters. The first kappa shape index (κ1) is 25.5. The minimum absolute atomic E-state index is 0.167. The van der Waals surface area contributed by atoms with Crippen LogP contribution in [0.25, 0.3) is 0 Å². The molecule has 6 heteroatoms. The van der Waals surface area contributed by atoms with Gasteiger partial charge in [0.05, 0.1) is 12.2 Å². The number of hydrogen-bond donors (Lipinski definition) is 2. The fraction of sp³-hybridized carbons (Fsp3) is 0.333. The maximum atomic E-state index is 13.1. The number of hydrogen-bond acceptors (Lipinski definition) is 4. The van der Waals surface area contributed by atoms with Gasteiger partial charge in [0.15, 0.2) is 0 Å². The summed E-state index contributed by atoms with van der Waals surface area (Å²) in [6.45, 7) is 4.64. The van der Waals surface area contributed by atoms with Gasteiger partial charge in [-0.15, -0.1) is 0 Å². The van der Waals surface area contributed by atoms with Gasteiger partial charge < -0.3 is 20.3 Å². The Morgan fingerprint density at radius 1 is 0.944 bits per heavy atom. The Labute approximate surface area is 213 Å². The third kappa shape index (κ3) is 6.73. The Kier molecular flexibility index (Phi) is 8.74. The number of methoxy groups -OCH3 is 1. The van der Waals surface area contributed by atoms with E-state index in [1.807, 2.05) is 31.2 Å². The van der Waals surface area contributed by atoms with Crippen LogP contribution >= 0.6 is 0 Å². The van der Waals surface area contributed by atoms with Crippen LogP contribution in [0.4, 0.5) is 11.4 Å². The number of carbonyl (C=O) groups excluding carboxylic acids is 2. The molecule has 1 saturated heterocycles. The molecule has 1 heterocycles. The van der Waals surface area contributed by atoms with Gasteiger partial charge in [-0.05, 0) is 68.0 Å². The van der Waals surface area contributed by atoms with Crippen LogP contribution < -0.4 is 15.5 Å². The molecule has 2 amide bonds. The second-order valence-corrected chi connectivity index (χ2v) is 9.42. The first-order chi connectivity index (χ1) is 17.5. The number of nitrogens with one attached hydrogen (secondary N) is 2. The normalized spacial score (nSPS) is 13.9. The van der Waals surface area contributed by atoms with Crippen molar-refractivity contribution in [1.82, 2.24) is 5.32 Å². The van der Waals surface area contributed by atoms with Gasteiger partial charge in [-0.3, -0.25) is 9.59 Å². The number of carbonyl (C=O) groups is 2. The summed E-state index contributed by atoms with van der Waals surface area (Å²) in [6.07, 6.45) is 3.24. The smallest absolute Gasteiger partial charge is 0.255 e. The molecule has 0 saturated carbocycles. The van der Waals surface area contributed by atoms with Crippen molar-refractivity contribution in [2.24, 2.45) is 5.92 Å². The van der Waals surface area contributed by atoms with E-state index in [-0.39, 0.29) is 11.8 Å². The zero-order valence-corrected chi connectivity index (χ0v) is 21.1. The minimum atomic E-state index is -0.199. The third-order valence-corrected chi connectivity index (χ3v) is 6.73. The lowest BCUT2D eigenvalue weighted by molar-refractivity contribution is 0.0936. The molecule has 0 aromatic heterocycles. The van der Waals surface area contributed by atoms with Crippen LogP contribution in [0.2, 0.25) is 0 Å². The van der Waals surface area contributed by atoms with Crippen LogP contribution in [0, 0.1) is 12.8 Å². The molecular weight excluding hydrogens is 450 g/mol. The molecule has 0 radical (unpaired) electrons. The number of amides is 2. The molecule has 1 aliphatic heterocycles. The largest absolute Gasteiger partial charge is 0.383 e. The Balaban J connectivity index is 1.48. The molecule has 0 aliphatic carbocycles. The first-order valence-electron chi connectivity index (χ1n) is 12.6. The van der Waals surface area contributed by atoms with Crippen molar-refractivity contribution in [3.05, 3.63) is 95.1 Å².